The molecular formula is C21H23ClFN7O4. The second-order valence-electron chi connectivity index (χ2n) is 9.17. The average Bonchev–Trinajstić information content (AvgIpc) is 3.44. The smallest absolute Gasteiger partial charge is 0.408 e. The van der Waals surface area contributed by atoms with E-state index < -0.39 is 24.5 Å². The lowest BCUT2D eigenvalue weighted by atomic mass is 9.50. The number of hydrogen-bond donors (Lipinski definition) is 3. The Morgan fingerprint density at radius 2 is 2.24 bits per heavy atom. The van der Waals surface area contributed by atoms with Gasteiger partial charge in [0.05, 0.1) is 30.8 Å². The first kappa shape index (κ1) is 21.6. The van der Waals surface area contributed by atoms with Gasteiger partial charge in [0.25, 0.3) is 0 Å². The molecule has 3 aromatic rings. The highest BCUT2D eigenvalue weighted by Crippen LogP contribution is 2.57. The second-order valence-corrected chi connectivity index (χ2v) is 9.56. The van der Waals surface area contributed by atoms with Crippen LogP contribution in [-0.2, 0) is 20.8 Å². The topological polar surface area (TPSA) is 128 Å². The van der Waals surface area contributed by atoms with Crippen LogP contribution in [0.4, 0.5) is 20.8 Å². The maximum absolute atomic E-state index is 15.1. The molecule has 3 aliphatic carbocycles. The predicted molar refractivity (Wildman–Crippen MR) is 118 cm³/mol. The van der Waals surface area contributed by atoms with Crippen LogP contribution >= 0.6 is 11.6 Å². The van der Waals surface area contributed by atoms with Crippen molar-refractivity contribution in [3.63, 3.8) is 0 Å². The van der Waals surface area contributed by atoms with Crippen molar-refractivity contribution in [3.8, 4) is 0 Å². The predicted octanol–water partition coefficient (Wildman–Crippen LogP) is 3.05. The Hall–Kier alpha value is -2.96. The van der Waals surface area contributed by atoms with Gasteiger partial charge in [-0.1, -0.05) is 11.6 Å². The van der Waals surface area contributed by atoms with E-state index in [9.17, 15) is 4.79 Å². The fraction of sp³-hybridized carbons (Fsp3) is 0.524. The van der Waals surface area contributed by atoms with Crippen molar-refractivity contribution in [2.75, 3.05) is 19.0 Å². The van der Waals surface area contributed by atoms with Gasteiger partial charge >= 0.3 is 6.09 Å². The van der Waals surface area contributed by atoms with Crippen LogP contribution in [0.2, 0.25) is 5.15 Å². The number of H-pyrrole nitrogens is 1. The van der Waals surface area contributed by atoms with Gasteiger partial charge in [0.1, 0.15) is 16.8 Å². The molecule has 7 rings (SSSR count). The minimum absolute atomic E-state index is 0.0365. The molecule has 3 aromatic heterocycles. The van der Waals surface area contributed by atoms with Crippen molar-refractivity contribution < 1.29 is 23.4 Å². The summed E-state index contributed by atoms with van der Waals surface area (Å²) in [5.74, 6) is 1.54. The zero-order valence-corrected chi connectivity index (χ0v) is 19.0. The molecule has 3 atom stereocenters. The van der Waals surface area contributed by atoms with Crippen molar-refractivity contribution >= 4 is 34.8 Å². The van der Waals surface area contributed by atoms with E-state index in [1.165, 1.54) is 0 Å². The van der Waals surface area contributed by atoms with E-state index in [4.69, 9.17) is 25.8 Å². The first-order chi connectivity index (χ1) is 16.4. The zero-order chi connectivity index (χ0) is 23.4. The summed E-state index contributed by atoms with van der Waals surface area (Å²) in [7, 11) is 1.58. The number of hydrogen-bond acceptors (Lipinski definition) is 8. The molecular weight excluding hydrogens is 469 g/mol. The second kappa shape index (κ2) is 8.07. The first-order valence-corrected chi connectivity index (χ1v) is 11.4. The standard InChI is InChI=1S/C21H23ClFN7O4/c1-32-8-11-2-13-19(24-15(22)7-30(13)29-11)25-16-3-12(27-28-16)18-17(23)14(9-33-18)34-20(31)26-21-4-10(5-21)6-21/h2-3,7,10,14,17-18H,4-6,8-9H2,1H3,(H,26,31)(H2,24,25,27,28)/t10?,14-,17+,18-,21?/m0/s1. The van der Waals surface area contributed by atoms with Gasteiger partial charge in [-0.15, -0.1) is 0 Å². The van der Waals surface area contributed by atoms with Crippen molar-refractivity contribution in [2.45, 2.75) is 49.8 Å². The number of halogens is 2. The van der Waals surface area contributed by atoms with E-state index in [-0.39, 0.29) is 17.3 Å². The molecule has 13 heteroatoms. The number of alkyl carbamates (subject to hydrolysis) is 1. The van der Waals surface area contributed by atoms with Crippen molar-refractivity contribution in [2.24, 2.45) is 5.92 Å². The highest BCUT2D eigenvalue weighted by Gasteiger charge is 2.58. The van der Waals surface area contributed by atoms with Gasteiger partial charge in [-0.25, -0.2) is 18.7 Å². The van der Waals surface area contributed by atoms with Gasteiger partial charge in [-0.3, -0.25) is 5.10 Å². The van der Waals surface area contributed by atoms with Crippen LogP contribution in [0.25, 0.3) is 5.52 Å². The van der Waals surface area contributed by atoms with Crippen molar-refractivity contribution in [3.05, 3.63) is 34.9 Å². The van der Waals surface area contributed by atoms with E-state index >= 15 is 4.39 Å². The number of anilines is 2. The summed E-state index contributed by atoms with van der Waals surface area (Å²) in [5, 5.41) is 17.6. The van der Waals surface area contributed by atoms with Crippen LogP contribution in [0.3, 0.4) is 0 Å². The minimum atomic E-state index is -1.53. The first-order valence-electron chi connectivity index (χ1n) is 11.0. The van der Waals surface area contributed by atoms with Crippen LogP contribution in [0.1, 0.15) is 36.8 Å². The molecule has 0 spiro atoms. The van der Waals surface area contributed by atoms with Gasteiger partial charge in [0.15, 0.2) is 23.9 Å². The molecule has 2 bridgehead atoms. The lowest BCUT2D eigenvalue weighted by molar-refractivity contribution is -0.0528. The number of carbonyl (C=O) groups is 1. The van der Waals surface area contributed by atoms with Gasteiger partial charge in [0, 0.05) is 18.7 Å². The molecule has 0 unspecified atom stereocenters. The summed E-state index contributed by atoms with van der Waals surface area (Å²) in [4.78, 5) is 16.5. The lowest BCUT2D eigenvalue weighted by Gasteiger charge is -2.61. The number of rotatable bonds is 7. The Labute approximate surface area is 198 Å². The Morgan fingerprint density at radius 1 is 1.41 bits per heavy atom. The van der Waals surface area contributed by atoms with Crippen LogP contribution in [0.5, 0.6) is 0 Å². The van der Waals surface area contributed by atoms with Crippen molar-refractivity contribution in [1.82, 2.24) is 30.1 Å². The Kier molecular flexibility index (Phi) is 5.12. The molecule has 4 aliphatic rings. The number of carbonyl (C=O) groups excluding carboxylic acids is 1. The number of ether oxygens (including phenoxy) is 3. The molecule has 0 radical (unpaired) electrons. The number of amides is 1. The SMILES string of the molecule is COCc1cc2c(Nc3cc([C@@H]4OC[C@H](OC(=O)NC56CC(C5)C6)[C@H]4F)[nH]n3)nc(Cl)cn2n1. The van der Waals surface area contributed by atoms with E-state index in [2.05, 4.69) is 30.9 Å². The third-order valence-corrected chi connectivity index (χ3v) is 6.85. The lowest BCUT2D eigenvalue weighted by Crippen LogP contribution is -2.68. The number of nitrogens with zero attached hydrogens (tertiary/aromatic N) is 4. The Morgan fingerprint density at radius 3 is 2.97 bits per heavy atom. The average molecular weight is 492 g/mol. The van der Waals surface area contributed by atoms with Gasteiger partial charge in [-0.2, -0.15) is 10.2 Å². The molecule has 11 nitrogen and oxygen atoms in total. The molecule has 1 aliphatic heterocycles. The Bertz CT molecular complexity index is 1230. The summed E-state index contributed by atoms with van der Waals surface area (Å²) in [6, 6.07) is 3.44. The van der Waals surface area contributed by atoms with E-state index in [0.717, 1.165) is 25.2 Å². The monoisotopic (exact) mass is 491 g/mol. The molecule has 4 fully saturated rings. The summed E-state index contributed by atoms with van der Waals surface area (Å²) >= 11 is 6.13. The molecule has 1 saturated heterocycles. The van der Waals surface area contributed by atoms with E-state index in [0.29, 0.717) is 35.1 Å². The van der Waals surface area contributed by atoms with Gasteiger partial charge in [-0.05, 0) is 31.2 Å². The fourth-order valence-corrected chi connectivity index (χ4v) is 5.12. The zero-order valence-electron chi connectivity index (χ0n) is 18.3. The fourth-order valence-electron chi connectivity index (χ4n) is 4.94. The number of fused-ring (bicyclic) bond motifs is 1. The molecule has 3 saturated carbocycles. The number of aromatic nitrogens is 5. The summed E-state index contributed by atoms with van der Waals surface area (Å²) < 4.78 is 32.7. The highest BCUT2D eigenvalue weighted by molar-refractivity contribution is 6.29. The molecule has 4 heterocycles. The Balaban J connectivity index is 1.12. The minimum Gasteiger partial charge on any atom is -0.441 e. The summed E-state index contributed by atoms with van der Waals surface area (Å²) in [6.45, 7) is 0.302. The van der Waals surface area contributed by atoms with Crippen LogP contribution in [0.15, 0.2) is 18.3 Å². The number of alkyl halides is 1. The molecule has 0 aromatic carbocycles. The molecule has 34 heavy (non-hydrogen) atoms. The molecule has 3 N–H and O–H groups in total. The maximum Gasteiger partial charge on any atom is 0.408 e. The number of methoxy groups -OCH3 is 1. The maximum atomic E-state index is 15.1. The van der Waals surface area contributed by atoms with Gasteiger partial charge in [0.2, 0.25) is 0 Å². The summed E-state index contributed by atoms with van der Waals surface area (Å²) in [5.41, 5.74) is 1.66. The van der Waals surface area contributed by atoms with Crippen LogP contribution < -0.4 is 10.6 Å². The third-order valence-electron chi connectivity index (χ3n) is 6.67. The van der Waals surface area contributed by atoms with E-state index in [1.54, 1.807) is 23.9 Å². The van der Waals surface area contributed by atoms with Crippen LogP contribution in [-0.4, -0.2) is 62.4 Å². The van der Waals surface area contributed by atoms with Gasteiger partial charge < -0.3 is 24.8 Å². The normalized spacial score (nSPS) is 29.5. The molecule has 180 valence electrons. The quantitative estimate of drug-likeness (QED) is 0.460. The number of nitrogens with one attached hydrogen (secondary N) is 3. The summed E-state index contributed by atoms with van der Waals surface area (Å²) in [6.07, 6.45) is 0.479. The number of aromatic amines is 1. The third kappa shape index (κ3) is 3.75. The van der Waals surface area contributed by atoms with Crippen LogP contribution in [0, 0.1) is 5.92 Å². The largest absolute Gasteiger partial charge is 0.441 e. The van der Waals surface area contributed by atoms with Crippen molar-refractivity contribution in [1.29, 1.82) is 0 Å². The molecule has 1 amide bonds. The van der Waals surface area contributed by atoms with E-state index in [1.807, 2.05) is 6.07 Å². The highest BCUT2D eigenvalue weighted by atomic mass is 35.5.